The Morgan fingerprint density at radius 2 is 2.07 bits per heavy atom. The van der Waals surface area contributed by atoms with E-state index in [0.717, 1.165) is 28.1 Å². The zero-order valence-electron chi connectivity index (χ0n) is 15.3. The van der Waals surface area contributed by atoms with Crippen LogP contribution in [0, 0.1) is 6.92 Å². The minimum Gasteiger partial charge on any atom is -0.384 e. The molecular formula is C20H21N5O2. The average Bonchev–Trinajstić information content (AvgIpc) is 2.69. The SMILES string of the molecule is COCCc1c(C(N)=O)ccc(C)c1Nc1nccc(-c2cccnc2)n1. The van der Waals surface area contributed by atoms with Gasteiger partial charge in [-0.05, 0) is 48.7 Å². The molecule has 2 heterocycles. The Kier molecular flexibility index (Phi) is 5.73. The van der Waals surface area contributed by atoms with Crippen molar-refractivity contribution in [1.82, 2.24) is 15.0 Å². The van der Waals surface area contributed by atoms with E-state index in [1.54, 1.807) is 31.8 Å². The fourth-order valence-corrected chi connectivity index (χ4v) is 2.84. The van der Waals surface area contributed by atoms with Gasteiger partial charge in [-0.3, -0.25) is 9.78 Å². The third-order valence-corrected chi connectivity index (χ3v) is 4.19. The monoisotopic (exact) mass is 363 g/mol. The molecule has 2 aromatic heterocycles. The van der Waals surface area contributed by atoms with Gasteiger partial charge >= 0.3 is 0 Å². The van der Waals surface area contributed by atoms with Crippen LogP contribution < -0.4 is 11.1 Å². The lowest BCUT2D eigenvalue weighted by molar-refractivity contribution is 0.0999. The van der Waals surface area contributed by atoms with Crippen LogP contribution in [0.25, 0.3) is 11.3 Å². The van der Waals surface area contributed by atoms with Crippen LogP contribution >= 0.6 is 0 Å². The number of amides is 1. The summed E-state index contributed by atoms with van der Waals surface area (Å²) in [7, 11) is 1.62. The quantitative estimate of drug-likeness (QED) is 0.669. The van der Waals surface area contributed by atoms with E-state index in [-0.39, 0.29) is 0 Å². The number of rotatable bonds is 7. The number of carbonyl (C=O) groups is 1. The number of nitrogens with zero attached hydrogens (tertiary/aromatic N) is 3. The van der Waals surface area contributed by atoms with Crippen molar-refractivity contribution in [1.29, 1.82) is 0 Å². The van der Waals surface area contributed by atoms with Crippen molar-refractivity contribution in [2.24, 2.45) is 5.73 Å². The van der Waals surface area contributed by atoms with Crippen molar-refractivity contribution in [2.75, 3.05) is 19.0 Å². The summed E-state index contributed by atoms with van der Waals surface area (Å²) in [5, 5.41) is 3.25. The molecule has 3 N–H and O–H groups in total. The van der Waals surface area contributed by atoms with Crippen LogP contribution in [-0.4, -0.2) is 34.6 Å². The van der Waals surface area contributed by atoms with Gasteiger partial charge in [0.1, 0.15) is 0 Å². The molecule has 0 unspecified atom stereocenters. The first kappa shape index (κ1) is 18.5. The molecule has 7 nitrogen and oxygen atoms in total. The Labute approximate surface area is 157 Å². The molecule has 0 saturated heterocycles. The van der Waals surface area contributed by atoms with Crippen LogP contribution in [0.1, 0.15) is 21.5 Å². The average molecular weight is 363 g/mol. The molecule has 1 aromatic carbocycles. The number of aryl methyl sites for hydroxylation is 1. The summed E-state index contributed by atoms with van der Waals surface area (Å²) in [5.41, 5.74) is 10.2. The topological polar surface area (TPSA) is 103 Å². The van der Waals surface area contributed by atoms with Gasteiger partial charge in [-0.25, -0.2) is 9.97 Å². The molecule has 0 fully saturated rings. The highest BCUT2D eigenvalue weighted by Gasteiger charge is 2.16. The number of hydrogen-bond acceptors (Lipinski definition) is 6. The molecule has 0 aliphatic carbocycles. The van der Waals surface area contributed by atoms with Crippen LogP contribution in [0.3, 0.4) is 0 Å². The number of benzene rings is 1. The van der Waals surface area contributed by atoms with Gasteiger partial charge in [0.25, 0.3) is 0 Å². The Morgan fingerprint density at radius 3 is 2.78 bits per heavy atom. The summed E-state index contributed by atoms with van der Waals surface area (Å²) < 4.78 is 5.18. The number of ether oxygens (including phenoxy) is 1. The van der Waals surface area contributed by atoms with E-state index in [4.69, 9.17) is 10.5 Å². The van der Waals surface area contributed by atoms with Crippen molar-refractivity contribution < 1.29 is 9.53 Å². The van der Waals surface area contributed by atoms with E-state index >= 15 is 0 Å². The summed E-state index contributed by atoms with van der Waals surface area (Å²) >= 11 is 0. The normalized spacial score (nSPS) is 10.6. The van der Waals surface area contributed by atoms with Crippen LogP contribution in [0.2, 0.25) is 0 Å². The van der Waals surface area contributed by atoms with Gasteiger partial charge in [0, 0.05) is 42.5 Å². The van der Waals surface area contributed by atoms with Crippen LogP contribution in [-0.2, 0) is 11.2 Å². The molecule has 0 radical (unpaired) electrons. The summed E-state index contributed by atoms with van der Waals surface area (Å²) in [6.07, 6.45) is 5.68. The van der Waals surface area contributed by atoms with Gasteiger partial charge in [-0.1, -0.05) is 6.07 Å². The number of primary amides is 1. The Bertz CT molecular complexity index is 944. The zero-order chi connectivity index (χ0) is 19.2. The molecule has 0 bridgehead atoms. The summed E-state index contributed by atoms with van der Waals surface area (Å²) in [4.78, 5) is 24.8. The number of methoxy groups -OCH3 is 1. The number of aromatic nitrogens is 3. The predicted molar refractivity (Wildman–Crippen MR) is 104 cm³/mol. The van der Waals surface area contributed by atoms with E-state index in [0.29, 0.717) is 24.5 Å². The fourth-order valence-electron chi connectivity index (χ4n) is 2.84. The lowest BCUT2D eigenvalue weighted by Crippen LogP contribution is -2.17. The minimum atomic E-state index is -0.478. The summed E-state index contributed by atoms with van der Waals surface area (Å²) in [6, 6.07) is 9.20. The Morgan fingerprint density at radius 1 is 1.22 bits per heavy atom. The maximum Gasteiger partial charge on any atom is 0.249 e. The Balaban J connectivity index is 2.00. The van der Waals surface area contributed by atoms with Gasteiger partial charge in [-0.2, -0.15) is 0 Å². The molecule has 27 heavy (non-hydrogen) atoms. The molecule has 138 valence electrons. The second-order valence-electron chi connectivity index (χ2n) is 6.02. The highest BCUT2D eigenvalue weighted by molar-refractivity contribution is 5.96. The predicted octanol–water partition coefficient (Wildman–Crippen LogP) is 2.88. The van der Waals surface area contributed by atoms with Gasteiger partial charge in [0.2, 0.25) is 11.9 Å². The maximum absolute atomic E-state index is 11.9. The molecule has 7 heteroatoms. The van der Waals surface area contributed by atoms with E-state index in [2.05, 4.69) is 20.3 Å². The van der Waals surface area contributed by atoms with Crippen molar-refractivity contribution in [3.63, 3.8) is 0 Å². The van der Waals surface area contributed by atoms with Crippen molar-refractivity contribution in [3.05, 3.63) is 65.6 Å². The van der Waals surface area contributed by atoms with Crippen molar-refractivity contribution in [2.45, 2.75) is 13.3 Å². The molecular weight excluding hydrogens is 342 g/mol. The van der Waals surface area contributed by atoms with Gasteiger partial charge in [-0.15, -0.1) is 0 Å². The van der Waals surface area contributed by atoms with E-state index in [1.807, 2.05) is 31.2 Å². The first-order chi connectivity index (χ1) is 13.1. The summed E-state index contributed by atoms with van der Waals surface area (Å²) in [5.74, 6) is -0.0473. The highest BCUT2D eigenvalue weighted by Crippen LogP contribution is 2.28. The molecule has 3 aromatic rings. The molecule has 3 rings (SSSR count). The smallest absolute Gasteiger partial charge is 0.249 e. The van der Waals surface area contributed by atoms with Crippen molar-refractivity contribution in [3.8, 4) is 11.3 Å². The molecule has 0 aliphatic heterocycles. The lowest BCUT2D eigenvalue weighted by atomic mass is 9.98. The second-order valence-corrected chi connectivity index (χ2v) is 6.02. The number of hydrogen-bond donors (Lipinski definition) is 2. The number of anilines is 2. The van der Waals surface area contributed by atoms with Gasteiger partial charge in [0.05, 0.1) is 12.3 Å². The molecule has 0 aliphatic rings. The largest absolute Gasteiger partial charge is 0.384 e. The van der Waals surface area contributed by atoms with Crippen LogP contribution in [0.5, 0.6) is 0 Å². The standard InChI is InChI=1S/C20H21N5O2/c1-13-5-6-16(19(21)26)15(8-11-27-2)18(13)25-20-23-10-7-17(24-20)14-4-3-9-22-12-14/h3-7,9-10,12H,8,11H2,1-2H3,(H2,21,26)(H,23,24,25). The zero-order valence-corrected chi connectivity index (χ0v) is 15.3. The maximum atomic E-state index is 11.9. The van der Waals surface area contributed by atoms with E-state index in [9.17, 15) is 4.79 Å². The number of pyridine rings is 1. The third kappa shape index (κ3) is 4.27. The molecule has 1 amide bonds. The molecule has 0 atom stereocenters. The Hall–Kier alpha value is -3.32. The molecule has 0 saturated carbocycles. The van der Waals surface area contributed by atoms with Crippen LogP contribution in [0.4, 0.5) is 11.6 Å². The highest BCUT2D eigenvalue weighted by atomic mass is 16.5. The van der Waals surface area contributed by atoms with Gasteiger partial charge in [0.15, 0.2) is 0 Å². The van der Waals surface area contributed by atoms with E-state index in [1.165, 1.54) is 0 Å². The van der Waals surface area contributed by atoms with Crippen molar-refractivity contribution >= 4 is 17.5 Å². The molecule has 0 spiro atoms. The minimum absolute atomic E-state index is 0.430. The lowest BCUT2D eigenvalue weighted by Gasteiger charge is -2.17. The second kappa shape index (κ2) is 8.37. The van der Waals surface area contributed by atoms with Crippen LogP contribution in [0.15, 0.2) is 48.9 Å². The first-order valence-corrected chi connectivity index (χ1v) is 8.52. The van der Waals surface area contributed by atoms with Gasteiger partial charge < -0.3 is 15.8 Å². The number of carbonyl (C=O) groups excluding carboxylic acids is 1. The first-order valence-electron chi connectivity index (χ1n) is 8.52. The fraction of sp³-hybridized carbons (Fsp3) is 0.200. The third-order valence-electron chi connectivity index (χ3n) is 4.19. The number of nitrogens with two attached hydrogens (primary N) is 1. The summed E-state index contributed by atoms with van der Waals surface area (Å²) in [6.45, 7) is 2.42. The number of nitrogens with one attached hydrogen (secondary N) is 1. The van der Waals surface area contributed by atoms with E-state index < -0.39 is 5.91 Å².